The Morgan fingerprint density at radius 1 is 0.600 bits per heavy atom. The number of carboxylic acid groups (broad SMARTS) is 2. The van der Waals surface area contributed by atoms with Crippen LogP contribution in [0, 0.1) is 13.8 Å². The van der Waals surface area contributed by atoms with Crippen LogP contribution in [0.1, 0.15) is 111 Å². The predicted molar refractivity (Wildman–Crippen MR) is 145 cm³/mol. The molecule has 2 aromatic rings. The molecule has 0 saturated carbocycles. The van der Waals surface area contributed by atoms with Gasteiger partial charge in [0, 0.05) is 0 Å². The summed E-state index contributed by atoms with van der Waals surface area (Å²) in [6, 6.07) is 13.8. The number of benzene rings is 2. The van der Waals surface area contributed by atoms with Crippen molar-refractivity contribution in [2.75, 3.05) is 0 Å². The van der Waals surface area contributed by atoms with E-state index in [1.807, 2.05) is 24.3 Å². The van der Waals surface area contributed by atoms with Gasteiger partial charge in [-0.05, 0) is 47.9 Å². The number of aryl methyl sites for hydroxylation is 2. The van der Waals surface area contributed by atoms with Gasteiger partial charge >= 0.3 is 23.9 Å². The first-order valence-electron chi connectivity index (χ1n) is 12.5. The zero-order valence-corrected chi connectivity index (χ0v) is 25.1. The molecule has 0 bridgehead atoms. The van der Waals surface area contributed by atoms with E-state index in [4.69, 9.17) is 0 Å². The fourth-order valence-electron chi connectivity index (χ4n) is 2.38. The summed E-state index contributed by atoms with van der Waals surface area (Å²) in [5.74, 6) is -2.22. The van der Waals surface area contributed by atoms with Crippen molar-refractivity contribution < 1.29 is 19.8 Å². The molecule has 0 unspecified atom stereocenters. The van der Waals surface area contributed by atoms with Gasteiger partial charge in [0.1, 0.15) is 0 Å². The number of carbonyl (C=O) groups excluding carboxylic acids is 2. The number of hydrogen-bond donors (Lipinski definition) is 0. The van der Waals surface area contributed by atoms with Crippen molar-refractivity contribution in [2.45, 2.75) is 91.9 Å². The number of hydrogen-bond acceptors (Lipinski definition) is 4. The molecule has 192 valence electrons. The summed E-state index contributed by atoms with van der Waals surface area (Å²) in [6.45, 7) is 15.7. The summed E-state index contributed by atoms with van der Waals surface area (Å²) < 4.78 is 0. The van der Waals surface area contributed by atoms with Gasteiger partial charge in [-0.2, -0.15) is 0 Å². The van der Waals surface area contributed by atoms with Crippen LogP contribution >= 0.6 is 0 Å². The quantitative estimate of drug-likeness (QED) is 0.337. The molecular formula is C30H44O4Sn. The summed E-state index contributed by atoms with van der Waals surface area (Å²) >= 11 is 0. The first-order chi connectivity index (χ1) is 16.3. The van der Waals surface area contributed by atoms with Gasteiger partial charge in [0.05, 0.1) is 11.9 Å². The molecule has 0 atom stereocenters. The molecule has 0 spiro atoms. The molecule has 5 heteroatoms. The Labute approximate surface area is 231 Å². The maximum absolute atomic E-state index is 10.4. The second-order valence-electron chi connectivity index (χ2n) is 7.88. The largest absolute Gasteiger partial charge is 2.00 e. The van der Waals surface area contributed by atoms with Crippen LogP contribution in [0.25, 0.3) is 0 Å². The third-order valence-electron chi connectivity index (χ3n) is 4.72. The first kappa shape index (κ1) is 37.7. The van der Waals surface area contributed by atoms with Crippen molar-refractivity contribution in [3.63, 3.8) is 0 Å². The Bertz CT molecular complexity index is 670. The normalized spacial score (nSPS) is 9.09. The number of carboxylic acids is 2. The zero-order chi connectivity index (χ0) is 26.2. The molecule has 0 N–H and O–H groups in total. The maximum atomic E-state index is 10.4. The summed E-state index contributed by atoms with van der Waals surface area (Å²) in [6.07, 6.45) is 11.2. The van der Waals surface area contributed by atoms with E-state index in [0.29, 0.717) is 0 Å². The van der Waals surface area contributed by atoms with Crippen molar-refractivity contribution in [3.05, 3.63) is 84.6 Å². The molecule has 0 aliphatic carbocycles. The minimum atomic E-state index is -1.11. The Kier molecular flexibility index (Phi) is 28.9. The van der Waals surface area contributed by atoms with E-state index in [-0.39, 0.29) is 35.0 Å². The fourth-order valence-corrected chi connectivity index (χ4v) is 2.38. The third-order valence-corrected chi connectivity index (χ3v) is 4.72. The van der Waals surface area contributed by atoms with E-state index in [1.54, 1.807) is 24.3 Å². The molecule has 0 saturated heterocycles. The van der Waals surface area contributed by atoms with Gasteiger partial charge in [0.25, 0.3) is 0 Å². The number of aromatic carboxylic acids is 2. The summed E-state index contributed by atoms with van der Waals surface area (Å²) in [5.41, 5.74) is 2.87. The summed E-state index contributed by atoms with van der Waals surface area (Å²) in [7, 11) is 0. The van der Waals surface area contributed by atoms with E-state index in [1.165, 1.54) is 24.0 Å². The van der Waals surface area contributed by atoms with Crippen LogP contribution < -0.4 is 10.2 Å². The Morgan fingerprint density at radius 2 is 0.857 bits per heavy atom. The molecule has 4 nitrogen and oxygen atoms in total. The summed E-state index contributed by atoms with van der Waals surface area (Å²) in [4.78, 5) is 20.8. The van der Waals surface area contributed by atoms with Crippen LogP contribution in [0.4, 0.5) is 0 Å². The standard InChI is InChI=1S/2C11H14O2.2C4H9.Sn/c2*1-2-3-4-9-5-7-10(8-6-9)11(12)13;2*1-3-4-2;/h2*5-8H,2-4H2,1H3,(H,12,13);2*1,3-4H2,2H3;/q;;;;+2/p-2. The van der Waals surface area contributed by atoms with Crippen molar-refractivity contribution in [2.24, 2.45) is 0 Å². The number of carbonyl (C=O) groups is 2. The fraction of sp³-hybridized carbons (Fsp3) is 0.467. The second kappa shape index (κ2) is 26.8. The maximum Gasteiger partial charge on any atom is 2.00 e. The average molecular weight is 587 g/mol. The van der Waals surface area contributed by atoms with Crippen LogP contribution in [0.3, 0.4) is 0 Å². The van der Waals surface area contributed by atoms with Crippen molar-refractivity contribution in [1.82, 2.24) is 0 Å². The SMILES string of the molecule is CCCCc1ccc(C(=O)[O-])cc1.CCCCc1ccc(C(=O)[O-])cc1.[CH2]CCC.[CH2]CCC.[Sn+2]. The second-order valence-corrected chi connectivity index (χ2v) is 7.88. The average Bonchev–Trinajstić information content (AvgIpc) is 2.87. The number of unbranched alkanes of at least 4 members (excludes halogenated alkanes) is 4. The minimum Gasteiger partial charge on any atom is -0.545 e. The molecule has 0 aliphatic heterocycles. The molecule has 35 heavy (non-hydrogen) atoms. The Hall–Kier alpha value is -1.82. The van der Waals surface area contributed by atoms with Crippen LogP contribution in [0.2, 0.25) is 0 Å². The molecule has 0 amide bonds. The van der Waals surface area contributed by atoms with Crippen LogP contribution in [0.5, 0.6) is 0 Å². The van der Waals surface area contributed by atoms with E-state index in [0.717, 1.165) is 51.4 Å². The minimum absolute atomic E-state index is 0. The molecule has 2 rings (SSSR count). The van der Waals surface area contributed by atoms with Crippen LogP contribution in [-0.4, -0.2) is 35.8 Å². The molecule has 0 aliphatic rings. The van der Waals surface area contributed by atoms with Gasteiger partial charge in [0.15, 0.2) is 0 Å². The van der Waals surface area contributed by atoms with Crippen molar-refractivity contribution >= 4 is 35.8 Å². The topological polar surface area (TPSA) is 80.3 Å². The monoisotopic (exact) mass is 588 g/mol. The van der Waals surface area contributed by atoms with Crippen LogP contribution in [0.15, 0.2) is 48.5 Å². The molecule has 0 aromatic heterocycles. The third kappa shape index (κ3) is 22.4. The molecular weight excluding hydrogens is 543 g/mol. The first-order valence-corrected chi connectivity index (χ1v) is 12.5. The van der Waals surface area contributed by atoms with E-state index >= 15 is 0 Å². The van der Waals surface area contributed by atoms with Gasteiger partial charge in [-0.15, -0.1) is 0 Å². The molecule has 0 fully saturated rings. The van der Waals surface area contributed by atoms with Gasteiger partial charge in [-0.3, -0.25) is 0 Å². The predicted octanol–water partition coefficient (Wildman–Crippen LogP) is 5.65. The Morgan fingerprint density at radius 3 is 1.03 bits per heavy atom. The van der Waals surface area contributed by atoms with Crippen molar-refractivity contribution in [3.8, 4) is 0 Å². The molecule has 0 heterocycles. The molecule has 4 radical (unpaired) electrons. The summed E-state index contributed by atoms with van der Waals surface area (Å²) in [5, 5.41) is 20.8. The smallest absolute Gasteiger partial charge is 0.545 e. The van der Waals surface area contributed by atoms with Gasteiger partial charge in [-0.1, -0.05) is 129 Å². The van der Waals surface area contributed by atoms with E-state index in [9.17, 15) is 19.8 Å². The van der Waals surface area contributed by atoms with Gasteiger partial charge in [-0.25, -0.2) is 0 Å². The van der Waals surface area contributed by atoms with E-state index < -0.39 is 11.9 Å². The van der Waals surface area contributed by atoms with Crippen LogP contribution in [-0.2, 0) is 12.8 Å². The van der Waals surface area contributed by atoms with Gasteiger partial charge < -0.3 is 19.8 Å². The zero-order valence-electron chi connectivity index (χ0n) is 22.2. The van der Waals surface area contributed by atoms with Gasteiger partial charge in [0.2, 0.25) is 0 Å². The molecule has 2 aromatic carbocycles. The number of rotatable bonds is 10. The van der Waals surface area contributed by atoms with E-state index in [2.05, 4.69) is 41.5 Å². The van der Waals surface area contributed by atoms with Crippen molar-refractivity contribution in [1.29, 1.82) is 0 Å². The Balaban J connectivity index is -0.000000440.